The molecule has 150 valence electrons. The Morgan fingerprint density at radius 2 is 2.18 bits per heavy atom. The predicted molar refractivity (Wildman–Crippen MR) is 103 cm³/mol. The van der Waals surface area contributed by atoms with E-state index in [-0.39, 0.29) is 17.1 Å². The Morgan fingerprint density at radius 3 is 2.96 bits per heavy atom. The number of carbonyl (C=O) groups excluding carboxylic acids is 1. The number of aromatic nitrogens is 2. The largest absolute Gasteiger partial charge is 0.497 e. The molecule has 1 atom stereocenters. The van der Waals surface area contributed by atoms with Crippen molar-refractivity contribution in [2.45, 2.75) is 32.4 Å². The van der Waals surface area contributed by atoms with E-state index in [1.54, 1.807) is 30.1 Å². The van der Waals surface area contributed by atoms with E-state index in [0.717, 1.165) is 45.4 Å². The number of methoxy groups -OCH3 is 1. The van der Waals surface area contributed by atoms with Crippen molar-refractivity contribution in [3.8, 4) is 5.75 Å². The van der Waals surface area contributed by atoms with E-state index in [1.807, 2.05) is 17.2 Å². The lowest BCUT2D eigenvalue weighted by Gasteiger charge is -2.40. The highest BCUT2D eigenvalue weighted by atomic mass is 19.1. The van der Waals surface area contributed by atoms with Gasteiger partial charge in [0.2, 0.25) is 5.91 Å². The number of ether oxygens (including phenoxy) is 1. The molecule has 6 nitrogen and oxygen atoms in total. The zero-order valence-corrected chi connectivity index (χ0v) is 16.3. The third-order valence-corrected chi connectivity index (χ3v) is 6.03. The highest BCUT2D eigenvalue weighted by Crippen LogP contribution is 2.39. The minimum Gasteiger partial charge on any atom is -0.497 e. The van der Waals surface area contributed by atoms with Crippen molar-refractivity contribution in [1.82, 2.24) is 19.6 Å². The van der Waals surface area contributed by atoms with Crippen molar-refractivity contribution in [2.75, 3.05) is 33.3 Å². The molecule has 2 fully saturated rings. The van der Waals surface area contributed by atoms with Crippen LogP contribution in [0, 0.1) is 11.2 Å². The molecule has 7 heteroatoms. The van der Waals surface area contributed by atoms with Crippen LogP contribution < -0.4 is 4.74 Å². The van der Waals surface area contributed by atoms with E-state index in [4.69, 9.17) is 4.74 Å². The van der Waals surface area contributed by atoms with Gasteiger partial charge in [0.05, 0.1) is 7.11 Å². The number of hydrogen-bond acceptors (Lipinski definition) is 4. The summed E-state index contributed by atoms with van der Waals surface area (Å²) >= 11 is 0. The summed E-state index contributed by atoms with van der Waals surface area (Å²) in [7, 11) is 1.60. The Kier molecular flexibility index (Phi) is 5.35. The first-order valence-corrected chi connectivity index (χ1v) is 9.87. The Hall–Kier alpha value is -2.41. The average Bonchev–Trinajstić information content (AvgIpc) is 3.34. The maximum absolute atomic E-state index is 14.2. The molecule has 0 saturated carbocycles. The standard InChI is InChI=1S/C21H27FN4O2/c1-28-18-4-5-19(22)17(12-18)13-24-9-2-6-21(15-24)7-11-25(16-21)20(27)14-26-10-3-8-23-26/h3-5,8,10,12H,2,6-7,9,11,13-16H2,1H3/t21-/m0/s1. The van der Waals surface area contributed by atoms with Gasteiger partial charge in [0, 0.05) is 49.6 Å². The van der Waals surface area contributed by atoms with E-state index < -0.39 is 0 Å². The monoisotopic (exact) mass is 386 g/mol. The van der Waals surface area contributed by atoms with Gasteiger partial charge in [-0.25, -0.2) is 4.39 Å². The van der Waals surface area contributed by atoms with E-state index in [0.29, 0.717) is 24.4 Å². The molecule has 28 heavy (non-hydrogen) atoms. The molecular formula is C21H27FN4O2. The van der Waals surface area contributed by atoms with E-state index in [9.17, 15) is 9.18 Å². The number of amides is 1. The second-order valence-corrected chi connectivity index (χ2v) is 8.04. The molecule has 0 radical (unpaired) electrons. The molecule has 2 saturated heterocycles. The molecule has 3 heterocycles. The number of piperidine rings is 1. The topological polar surface area (TPSA) is 50.6 Å². The Labute approximate surface area is 164 Å². The molecule has 0 aliphatic carbocycles. The van der Waals surface area contributed by atoms with Crippen LogP contribution in [0.3, 0.4) is 0 Å². The molecule has 1 aromatic heterocycles. The maximum Gasteiger partial charge on any atom is 0.244 e. The van der Waals surface area contributed by atoms with Crippen LogP contribution in [-0.4, -0.2) is 58.8 Å². The van der Waals surface area contributed by atoms with Crippen LogP contribution in [0.25, 0.3) is 0 Å². The van der Waals surface area contributed by atoms with Crippen molar-refractivity contribution >= 4 is 5.91 Å². The van der Waals surface area contributed by atoms with Crippen molar-refractivity contribution in [2.24, 2.45) is 5.41 Å². The van der Waals surface area contributed by atoms with Gasteiger partial charge in [-0.1, -0.05) is 0 Å². The predicted octanol–water partition coefficient (Wildman–Crippen LogP) is 2.55. The first-order valence-electron chi connectivity index (χ1n) is 9.87. The number of benzene rings is 1. The number of carbonyl (C=O) groups is 1. The van der Waals surface area contributed by atoms with Gasteiger partial charge in [-0.3, -0.25) is 14.4 Å². The minimum absolute atomic E-state index is 0.118. The van der Waals surface area contributed by atoms with Crippen molar-refractivity contribution in [3.63, 3.8) is 0 Å². The summed E-state index contributed by atoms with van der Waals surface area (Å²) in [5.41, 5.74) is 0.786. The fourth-order valence-corrected chi connectivity index (χ4v) is 4.60. The second kappa shape index (κ2) is 7.91. The van der Waals surface area contributed by atoms with Gasteiger partial charge < -0.3 is 9.64 Å². The van der Waals surface area contributed by atoms with Gasteiger partial charge in [-0.05, 0) is 50.1 Å². The second-order valence-electron chi connectivity index (χ2n) is 8.04. The van der Waals surface area contributed by atoms with E-state index in [1.165, 1.54) is 6.07 Å². The highest BCUT2D eigenvalue weighted by molar-refractivity contribution is 5.76. The number of nitrogens with zero attached hydrogens (tertiary/aromatic N) is 4. The quantitative estimate of drug-likeness (QED) is 0.793. The molecule has 2 aromatic rings. The summed E-state index contributed by atoms with van der Waals surface area (Å²) in [5.74, 6) is 0.610. The number of likely N-dealkylation sites (tertiary alicyclic amines) is 2. The highest BCUT2D eigenvalue weighted by Gasteiger charge is 2.42. The van der Waals surface area contributed by atoms with Crippen LogP contribution in [-0.2, 0) is 17.9 Å². The lowest BCUT2D eigenvalue weighted by molar-refractivity contribution is -0.131. The molecule has 0 N–H and O–H groups in total. The van der Waals surface area contributed by atoms with Crippen LogP contribution in [0.4, 0.5) is 4.39 Å². The van der Waals surface area contributed by atoms with Gasteiger partial charge in [-0.2, -0.15) is 5.10 Å². The van der Waals surface area contributed by atoms with Crippen molar-refractivity contribution in [1.29, 1.82) is 0 Å². The summed E-state index contributed by atoms with van der Waals surface area (Å²) in [6, 6.07) is 6.73. The van der Waals surface area contributed by atoms with Crippen LogP contribution in [0.5, 0.6) is 5.75 Å². The Morgan fingerprint density at radius 1 is 1.29 bits per heavy atom. The van der Waals surface area contributed by atoms with Crippen LogP contribution >= 0.6 is 0 Å². The molecule has 4 rings (SSSR count). The summed E-state index contributed by atoms with van der Waals surface area (Å²) in [4.78, 5) is 16.9. The van der Waals surface area contributed by atoms with Crippen LogP contribution in [0.15, 0.2) is 36.7 Å². The fourth-order valence-electron chi connectivity index (χ4n) is 4.60. The summed E-state index contributed by atoms with van der Waals surface area (Å²) in [6.45, 7) is 4.30. The van der Waals surface area contributed by atoms with Gasteiger partial charge in [0.1, 0.15) is 18.1 Å². The smallest absolute Gasteiger partial charge is 0.244 e. The fraction of sp³-hybridized carbons (Fsp3) is 0.524. The molecule has 1 spiro atoms. The maximum atomic E-state index is 14.2. The molecular weight excluding hydrogens is 359 g/mol. The molecule has 1 amide bonds. The molecule has 0 bridgehead atoms. The van der Waals surface area contributed by atoms with Gasteiger partial charge in [0.15, 0.2) is 0 Å². The summed E-state index contributed by atoms with van der Waals surface area (Å²) < 4.78 is 21.1. The van der Waals surface area contributed by atoms with Gasteiger partial charge in [0.25, 0.3) is 0 Å². The Bertz CT molecular complexity index is 826. The van der Waals surface area contributed by atoms with Crippen LogP contribution in [0.1, 0.15) is 24.8 Å². The average molecular weight is 386 g/mol. The van der Waals surface area contributed by atoms with Crippen molar-refractivity contribution < 1.29 is 13.9 Å². The van der Waals surface area contributed by atoms with Crippen LogP contribution in [0.2, 0.25) is 0 Å². The molecule has 0 unspecified atom stereocenters. The first kappa shape index (κ1) is 18.9. The zero-order chi connectivity index (χ0) is 19.6. The van der Waals surface area contributed by atoms with Gasteiger partial charge in [-0.15, -0.1) is 0 Å². The van der Waals surface area contributed by atoms with Gasteiger partial charge >= 0.3 is 0 Å². The summed E-state index contributed by atoms with van der Waals surface area (Å²) in [5, 5.41) is 4.13. The third-order valence-electron chi connectivity index (χ3n) is 6.03. The zero-order valence-electron chi connectivity index (χ0n) is 16.3. The summed E-state index contributed by atoms with van der Waals surface area (Å²) in [6.07, 6.45) is 6.71. The lowest BCUT2D eigenvalue weighted by atomic mass is 9.79. The minimum atomic E-state index is -0.192. The molecule has 2 aliphatic rings. The number of hydrogen-bond donors (Lipinski definition) is 0. The normalized spacial score (nSPS) is 22.7. The van der Waals surface area contributed by atoms with Crippen molar-refractivity contribution in [3.05, 3.63) is 48.0 Å². The lowest BCUT2D eigenvalue weighted by Crippen LogP contribution is -2.45. The first-order chi connectivity index (χ1) is 13.6. The number of halogens is 1. The molecule has 2 aliphatic heterocycles. The van der Waals surface area contributed by atoms with E-state index in [2.05, 4.69) is 10.00 Å². The third kappa shape index (κ3) is 4.04. The Balaban J connectivity index is 1.39. The SMILES string of the molecule is COc1ccc(F)c(CN2CCC[C@]3(CCN(C(=O)Cn4cccn4)C3)C2)c1. The molecule has 1 aromatic carbocycles. The van der Waals surface area contributed by atoms with E-state index >= 15 is 0 Å². The number of rotatable bonds is 5.